The van der Waals surface area contributed by atoms with Gasteiger partial charge in [0.25, 0.3) is 0 Å². The summed E-state index contributed by atoms with van der Waals surface area (Å²) < 4.78 is 30.1. The lowest BCUT2D eigenvalue weighted by molar-refractivity contribution is -0.230. The number of aliphatic hydroxyl groups is 1. The predicted octanol–water partition coefficient (Wildman–Crippen LogP) is 5.68. The zero-order valence-electron chi connectivity index (χ0n) is 23.0. The maximum Gasteiger partial charge on any atom is 0.334 e. The van der Waals surface area contributed by atoms with Gasteiger partial charge in [-0.1, -0.05) is 57.6 Å². The minimum absolute atomic E-state index is 0.0216. The van der Waals surface area contributed by atoms with Crippen molar-refractivity contribution in [1.82, 2.24) is 0 Å². The normalized spacial score (nSPS) is 32.6. The van der Waals surface area contributed by atoms with Gasteiger partial charge in [0.1, 0.15) is 6.10 Å². The summed E-state index contributed by atoms with van der Waals surface area (Å²) in [5.74, 6) is -0.663. The lowest BCUT2D eigenvalue weighted by Crippen LogP contribution is -2.39. The van der Waals surface area contributed by atoms with Crippen LogP contribution in [0, 0.1) is 11.8 Å². The van der Waals surface area contributed by atoms with Crippen LogP contribution in [0.5, 0.6) is 0 Å². The van der Waals surface area contributed by atoms with E-state index in [1.165, 1.54) is 32.8 Å². The van der Waals surface area contributed by atoms with E-state index >= 15 is 0 Å². The molecule has 7 atom stereocenters. The molecule has 0 radical (unpaired) electrons. The number of carbonyl (C=O) groups excluding carboxylic acids is 1. The third-order valence-corrected chi connectivity index (χ3v) is 7.80. The number of hydrogen-bond donors (Lipinski definition) is 1. The van der Waals surface area contributed by atoms with Crippen LogP contribution in [0.3, 0.4) is 0 Å². The van der Waals surface area contributed by atoms with Gasteiger partial charge in [0.2, 0.25) is 0 Å². The summed E-state index contributed by atoms with van der Waals surface area (Å²) in [7, 11) is 1.31. The number of unbranched alkanes of at least 4 members (excludes halogenated alkanes) is 6. The molecule has 0 spiro atoms. The van der Waals surface area contributed by atoms with E-state index in [2.05, 4.69) is 23.8 Å². The van der Waals surface area contributed by atoms with Gasteiger partial charge in [-0.3, -0.25) is 0 Å². The first-order valence-electron chi connectivity index (χ1n) is 14.4. The first kappa shape index (κ1) is 29.6. The van der Waals surface area contributed by atoms with Crippen molar-refractivity contribution in [2.75, 3.05) is 13.7 Å². The zero-order chi connectivity index (χ0) is 26.0. The Bertz CT molecular complexity index is 673. The van der Waals surface area contributed by atoms with E-state index in [0.717, 1.165) is 58.0 Å². The molecule has 3 rings (SSSR count). The van der Waals surface area contributed by atoms with Gasteiger partial charge in [-0.2, -0.15) is 0 Å². The molecule has 36 heavy (non-hydrogen) atoms. The van der Waals surface area contributed by atoms with Gasteiger partial charge in [0.05, 0.1) is 19.3 Å². The van der Waals surface area contributed by atoms with Crippen molar-refractivity contribution in [1.29, 1.82) is 0 Å². The average molecular weight is 511 g/mol. The summed E-state index contributed by atoms with van der Waals surface area (Å²) >= 11 is 0. The maximum absolute atomic E-state index is 11.5. The van der Waals surface area contributed by atoms with Crippen molar-refractivity contribution >= 4 is 5.97 Å². The SMILES string of the molecule is CCCCCCC=C[C@@H]1[C@@H](CCCCCC(O)C(=O)OC)[C@@H](OC2CCCCO2)[C@H]2OC(C)(C)O[C@@H]12. The Kier molecular flexibility index (Phi) is 12.2. The molecule has 2 unspecified atom stereocenters. The fourth-order valence-corrected chi connectivity index (χ4v) is 5.95. The molecule has 7 heteroatoms. The summed E-state index contributed by atoms with van der Waals surface area (Å²) in [5, 5.41) is 9.88. The lowest BCUT2D eigenvalue weighted by Gasteiger charge is -2.33. The van der Waals surface area contributed by atoms with Crippen LogP contribution in [0.4, 0.5) is 0 Å². The predicted molar refractivity (Wildman–Crippen MR) is 138 cm³/mol. The Morgan fingerprint density at radius 3 is 2.58 bits per heavy atom. The standard InChI is InChI=1S/C29H50O7/c1-5-6-7-8-9-11-17-22-21(16-12-10-13-18-23(30)28(31)32-4)25(34-24-19-14-15-20-33-24)27-26(22)35-29(2,3)36-27/h11,17,21-27,30H,5-10,12-16,18-20H2,1-4H3/t21-,22-,23?,24?,25-,26+,27-/m1/s1. The van der Waals surface area contributed by atoms with Crippen molar-refractivity contribution in [2.24, 2.45) is 11.8 Å². The molecule has 0 bridgehead atoms. The minimum atomic E-state index is -1.03. The van der Waals surface area contributed by atoms with E-state index in [-0.39, 0.29) is 36.4 Å². The van der Waals surface area contributed by atoms with Crippen LogP contribution in [0.25, 0.3) is 0 Å². The third kappa shape index (κ3) is 8.52. The average Bonchev–Trinajstić information content (AvgIpc) is 3.31. The molecule has 0 amide bonds. The third-order valence-electron chi connectivity index (χ3n) is 7.80. The number of carbonyl (C=O) groups is 1. The van der Waals surface area contributed by atoms with Gasteiger partial charge in [0, 0.05) is 12.5 Å². The molecular weight excluding hydrogens is 460 g/mol. The zero-order valence-corrected chi connectivity index (χ0v) is 23.0. The molecule has 7 nitrogen and oxygen atoms in total. The van der Waals surface area contributed by atoms with E-state index in [1.807, 2.05) is 13.8 Å². The smallest absolute Gasteiger partial charge is 0.334 e. The largest absolute Gasteiger partial charge is 0.467 e. The van der Waals surface area contributed by atoms with Crippen LogP contribution in [0.2, 0.25) is 0 Å². The van der Waals surface area contributed by atoms with E-state index in [1.54, 1.807) is 0 Å². The number of esters is 1. The van der Waals surface area contributed by atoms with Crippen LogP contribution in [0.15, 0.2) is 12.2 Å². The highest BCUT2D eigenvalue weighted by Crippen LogP contribution is 2.49. The molecule has 1 aliphatic carbocycles. The van der Waals surface area contributed by atoms with E-state index in [9.17, 15) is 9.90 Å². The van der Waals surface area contributed by atoms with Gasteiger partial charge in [0.15, 0.2) is 18.2 Å². The molecule has 3 aliphatic rings. The molecule has 3 fully saturated rings. The first-order valence-corrected chi connectivity index (χ1v) is 14.4. The second-order valence-corrected chi connectivity index (χ2v) is 11.2. The summed E-state index contributed by atoms with van der Waals surface area (Å²) in [6.07, 6.45) is 16.7. The van der Waals surface area contributed by atoms with Crippen LogP contribution < -0.4 is 0 Å². The number of allylic oxidation sites excluding steroid dienone is 1. The van der Waals surface area contributed by atoms with Gasteiger partial charge >= 0.3 is 5.97 Å². The molecule has 2 aliphatic heterocycles. The molecule has 0 aromatic heterocycles. The molecule has 1 saturated carbocycles. The number of hydrogen-bond acceptors (Lipinski definition) is 7. The van der Waals surface area contributed by atoms with Gasteiger partial charge in [-0.15, -0.1) is 0 Å². The van der Waals surface area contributed by atoms with Crippen LogP contribution in [-0.2, 0) is 28.5 Å². The Balaban J connectivity index is 1.65. The van der Waals surface area contributed by atoms with Gasteiger partial charge < -0.3 is 28.8 Å². The van der Waals surface area contributed by atoms with Crippen molar-refractivity contribution in [3.05, 3.63) is 12.2 Å². The fourth-order valence-electron chi connectivity index (χ4n) is 5.95. The quantitative estimate of drug-likeness (QED) is 0.172. The first-order chi connectivity index (χ1) is 17.4. The van der Waals surface area contributed by atoms with Crippen LogP contribution in [-0.4, -0.2) is 61.3 Å². The van der Waals surface area contributed by atoms with E-state index in [4.69, 9.17) is 18.9 Å². The topological polar surface area (TPSA) is 83.5 Å². The molecule has 2 heterocycles. The monoisotopic (exact) mass is 510 g/mol. The molecule has 208 valence electrons. The number of ether oxygens (including phenoxy) is 5. The number of rotatable bonds is 15. The molecule has 0 aromatic carbocycles. The van der Waals surface area contributed by atoms with Gasteiger partial charge in [-0.25, -0.2) is 4.79 Å². The summed E-state index contributed by atoms with van der Waals surface area (Å²) in [5.41, 5.74) is 0. The summed E-state index contributed by atoms with van der Waals surface area (Å²) in [6, 6.07) is 0. The second-order valence-electron chi connectivity index (χ2n) is 11.2. The van der Waals surface area contributed by atoms with Crippen LogP contribution >= 0.6 is 0 Å². The second kappa shape index (κ2) is 14.8. The van der Waals surface area contributed by atoms with E-state index in [0.29, 0.717) is 6.42 Å². The molecular formula is C29H50O7. The molecule has 2 saturated heterocycles. The highest BCUT2D eigenvalue weighted by atomic mass is 16.8. The van der Waals surface area contributed by atoms with Crippen LogP contribution in [0.1, 0.15) is 104 Å². The Morgan fingerprint density at radius 1 is 1.08 bits per heavy atom. The van der Waals surface area contributed by atoms with Gasteiger partial charge in [-0.05, 0) is 64.7 Å². The number of fused-ring (bicyclic) bond motifs is 1. The Hall–Kier alpha value is -0.990. The summed E-state index contributed by atoms with van der Waals surface area (Å²) in [4.78, 5) is 11.5. The fraction of sp³-hybridized carbons (Fsp3) is 0.897. The Labute approximate surface area is 218 Å². The van der Waals surface area contributed by atoms with Crippen molar-refractivity contribution in [3.63, 3.8) is 0 Å². The highest BCUT2D eigenvalue weighted by Gasteiger charge is 2.58. The highest BCUT2D eigenvalue weighted by molar-refractivity contribution is 5.74. The molecule has 0 aromatic rings. The minimum Gasteiger partial charge on any atom is -0.467 e. The molecule has 1 N–H and O–H groups in total. The number of aliphatic hydroxyl groups excluding tert-OH is 1. The lowest BCUT2D eigenvalue weighted by atomic mass is 9.87. The van der Waals surface area contributed by atoms with E-state index < -0.39 is 17.9 Å². The maximum atomic E-state index is 11.5. The van der Waals surface area contributed by atoms with Crippen molar-refractivity contribution in [3.8, 4) is 0 Å². The van der Waals surface area contributed by atoms with Crippen molar-refractivity contribution in [2.45, 2.75) is 141 Å². The Morgan fingerprint density at radius 2 is 1.86 bits per heavy atom. The summed E-state index contributed by atoms with van der Waals surface area (Å²) in [6.45, 7) is 6.98. The number of methoxy groups -OCH3 is 1. The van der Waals surface area contributed by atoms with Crippen molar-refractivity contribution < 1.29 is 33.6 Å².